The molecule has 1 heterocycles. The maximum Gasteiger partial charge on any atom is 0.119 e. The smallest absolute Gasteiger partial charge is 0.119 e. The van der Waals surface area contributed by atoms with Crippen LogP contribution in [-0.2, 0) is 0 Å². The van der Waals surface area contributed by atoms with Crippen LogP contribution in [-0.4, -0.2) is 17.1 Å². The zero-order chi connectivity index (χ0) is 15.1. The van der Waals surface area contributed by atoms with Crippen molar-refractivity contribution in [1.82, 2.24) is 9.97 Å². The van der Waals surface area contributed by atoms with Gasteiger partial charge in [-0.25, -0.2) is 9.97 Å². The first kappa shape index (κ1) is 13.3. The minimum absolute atomic E-state index is 0.110. The van der Waals surface area contributed by atoms with Crippen LogP contribution in [0.4, 0.5) is 0 Å². The molecule has 1 unspecified atom stereocenters. The fourth-order valence-corrected chi connectivity index (χ4v) is 3.21. The number of fused-ring (bicyclic) bond motifs is 3. The number of hydrogen-bond donors (Lipinski definition) is 0. The summed E-state index contributed by atoms with van der Waals surface area (Å²) in [6, 6.07) is 14.1. The van der Waals surface area contributed by atoms with Crippen molar-refractivity contribution in [2.45, 2.75) is 5.92 Å². The molecule has 2 aromatic carbocycles. The van der Waals surface area contributed by atoms with Gasteiger partial charge in [0.1, 0.15) is 12.1 Å². The summed E-state index contributed by atoms with van der Waals surface area (Å²) in [6.07, 6.45) is 3.49. The summed E-state index contributed by atoms with van der Waals surface area (Å²) in [5.74, 6) is 0.956. The number of methoxy groups -OCH3 is 1. The highest BCUT2D eigenvalue weighted by Gasteiger charge is 2.31. The highest BCUT2D eigenvalue weighted by atomic mass is 35.5. The van der Waals surface area contributed by atoms with E-state index < -0.39 is 0 Å². The first-order valence-electron chi connectivity index (χ1n) is 7.01. The lowest BCUT2D eigenvalue weighted by Crippen LogP contribution is -2.00. The molecule has 0 amide bonds. The maximum absolute atomic E-state index is 6.02. The molecule has 0 bridgehead atoms. The average Bonchev–Trinajstić information content (AvgIpc) is 2.89. The molecule has 1 aliphatic carbocycles. The van der Waals surface area contributed by atoms with Gasteiger partial charge in [-0.3, -0.25) is 0 Å². The molecule has 1 aliphatic rings. The molecular formula is C18H13ClN2O. The van der Waals surface area contributed by atoms with Gasteiger partial charge in [-0.1, -0.05) is 23.7 Å². The molecule has 4 rings (SSSR count). The van der Waals surface area contributed by atoms with E-state index in [2.05, 4.69) is 34.2 Å². The average molecular weight is 309 g/mol. The molecule has 108 valence electrons. The Balaban J connectivity index is 1.96. The van der Waals surface area contributed by atoms with E-state index >= 15 is 0 Å². The van der Waals surface area contributed by atoms with Gasteiger partial charge in [0.25, 0.3) is 0 Å². The molecule has 22 heavy (non-hydrogen) atoms. The summed E-state index contributed by atoms with van der Waals surface area (Å²) in [7, 11) is 1.68. The predicted octanol–water partition coefficient (Wildman–Crippen LogP) is 4.30. The molecule has 0 radical (unpaired) electrons. The summed E-state index contributed by atoms with van der Waals surface area (Å²) in [5.41, 5.74) is 5.61. The van der Waals surface area contributed by atoms with Crippen molar-refractivity contribution in [3.63, 3.8) is 0 Å². The molecular weight excluding hydrogens is 296 g/mol. The van der Waals surface area contributed by atoms with Gasteiger partial charge < -0.3 is 4.74 Å². The zero-order valence-electron chi connectivity index (χ0n) is 12.0. The third-order valence-electron chi connectivity index (χ3n) is 4.08. The molecule has 0 spiro atoms. The number of benzene rings is 2. The van der Waals surface area contributed by atoms with E-state index in [4.69, 9.17) is 16.3 Å². The second-order valence-electron chi connectivity index (χ2n) is 5.26. The number of nitrogens with zero attached hydrogens (tertiary/aromatic N) is 2. The minimum atomic E-state index is 0.110. The van der Waals surface area contributed by atoms with Gasteiger partial charge in [0.2, 0.25) is 0 Å². The van der Waals surface area contributed by atoms with E-state index in [0.29, 0.717) is 0 Å². The van der Waals surface area contributed by atoms with Crippen LogP contribution in [0.1, 0.15) is 22.6 Å². The molecule has 0 N–H and O–H groups in total. The monoisotopic (exact) mass is 308 g/mol. The van der Waals surface area contributed by atoms with Crippen LogP contribution in [0.25, 0.3) is 11.3 Å². The van der Waals surface area contributed by atoms with Crippen LogP contribution in [0.5, 0.6) is 5.75 Å². The van der Waals surface area contributed by atoms with Crippen LogP contribution in [0.15, 0.2) is 55.0 Å². The Morgan fingerprint density at radius 1 is 1.05 bits per heavy atom. The topological polar surface area (TPSA) is 35.0 Å². The Kier molecular flexibility index (Phi) is 3.09. The van der Waals surface area contributed by atoms with Gasteiger partial charge in [-0.05, 0) is 41.5 Å². The van der Waals surface area contributed by atoms with Crippen molar-refractivity contribution < 1.29 is 4.74 Å². The fourth-order valence-electron chi connectivity index (χ4n) is 3.08. The van der Waals surface area contributed by atoms with E-state index in [1.165, 1.54) is 11.1 Å². The summed E-state index contributed by atoms with van der Waals surface area (Å²) in [5, 5.41) is 0.733. The number of aromatic nitrogens is 2. The second-order valence-corrected chi connectivity index (χ2v) is 5.70. The highest BCUT2D eigenvalue weighted by molar-refractivity contribution is 6.30. The largest absolute Gasteiger partial charge is 0.497 e. The predicted molar refractivity (Wildman–Crippen MR) is 86.4 cm³/mol. The van der Waals surface area contributed by atoms with Gasteiger partial charge >= 0.3 is 0 Å². The Bertz CT molecular complexity index is 846. The summed E-state index contributed by atoms with van der Waals surface area (Å²) in [4.78, 5) is 8.68. The second kappa shape index (κ2) is 5.11. The standard InChI is InChI=1S/C18H13ClN2O/c1-22-13-6-7-14-15(8-13)17(11-2-4-12(19)5-3-11)16-9-20-10-21-18(14)16/h2-10,17H,1H3. The van der Waals surface area contributed by atoms with Gasteiger partial charge in [-0.15, -0.1) is 0 Å². The molecule has 0 saturated carbocycles. The molecule has 4 heteroatoms. The van der Waals surface area contributed by atoms with Crippen molar-refractivity contribution in [3.8, 4) is 17.0 Å². The van der Waals surface area contributed by atoms with Gasteiger partial charge in [0.15, 0.2) is 0 Å². The van der Waals surface area contributed by atoms with Crippen molar-refractivity contribution >= 4 is 11.6 Å². The molecule has 3 aromatic rings. The van der Waals surface area contributed by atoms with E-state index in [-0.39, 0.29) is 5.92 Å². The SMILES string of the molecule is COc1ccc2c(c1)C(c1ccc(Cl)cc1)c1cncnc1-2. The first-order chi connectivity index (χ1) is 10.8. The molecule has 0 fully saturated rings. The summed E-state index contributed by atoms with van der Waals surface area (Å²) >= 11 is 6.02. The number of ether oxygens (including phenoxy) is 1. The van der Waals surface area contributed by atoms with E-state index in [0.717, 1.165) is 27.6 Å². The molecule has 3 nitrogen and oxygen atoms in total. The van der Waals surface area contributed by atoms with E-state index in [1.807, 2.05) is 24.4 Å². The number of rotatable bonds is 2. The van der Waals surface area contributed by atoms with Crippen LogP contribution < -0.4 is 4.74 Å². The maximum atomic E-state index is 6.02. The highest BCUT2D eigenvalue weighted by Crippen LogP contribution is 2.47. The van der Waals surface area contributed by atoms with Gasteiger partial charge in [-0.2, -0.15) is 0 Å². The van der Waals surface area contributed by atoms with E-state index in [1.54, 1.807) is 13.4 Å². The molecule has 1 aromatic heterocycles. The zero-order valence-corrected chi connectivity index (χ0v) is 12.7. The normalized spacial score (nSPS) is 15.3. The fraction of sp³-hybridized carbons (Fsp3) is 0.111. The minimum Gasteiger partial charge on any atom is -0.497 e. The van der Waals surface area contributed by atoms with Gasteiger partial charge in [0.05, 0.1) is 12.8 Å². The lowest BCUT2D eigenvalue weighted by molar-refractivity contribution is 0.414. The van der Waals surface area contributed by atoms with Crippen LogP contribution in [0, 0.1) is 0 Å². The Morgan fingerprint density at radius 3 is 2.64 bits per heavy atom. The Morgan fingerprint density at radius 2 is 1.86 bits per heavy atom. The van der Waals surface area contributed by atoms with Crippen molar-refractivity contribution in [1.29, 1.82) is 0 Å². The molecule has 0 aliphatic heterocycles. The summed E-state index contributed by atoms with van der Waals surface area (Å²) < 4.78 is 5.38. The van der Waals surface area contributed by atoms with Crippen molar-refractivity contribution in [3.05, 3.63) is 76.7 Å². The van der Waals surface area contributed by atoms with Crippen molar-refractivity contribution in [2.75, 3.05) is 7.11 Å². The Hall–Kier alpha value is -2.39. The first-order valence-corrected chi connectivity index (χ1v) is 7.39. The van der Waals surface area contributed by atoms with Crippen LogP contribution in [0.2, 0.25) is 5.02 Å². The van der Waals surface area contributed by atoms with Crippen molar-refractivity contribution in [2.24, 2.45) is 0 Å². The lowest BCUT2D eigenvalue weighted by Gasteiger charge is -2.14. The Labute approximate surface area is 133 Å². The van der Waals surface area contributed by atoms with Crippen LogP contribution in [0.3, 0.4) is 0 Å². The third kappa shape index (κ3) is 1.97. The molecule has 1 atom stereocenters. The van der Waals surface area contributed by atoms with Gasteiger partial charge in [0, 0.05) is 28.3 Å². The third-order valence-corrected chi connectivity index (χ3v) is 4.33. The molecule has 0 saturated heterocycles. The van der Waals surface area contributed by atoms with Crippen LogP contribution >= 0.6 is 11.6 Å². The summed E-state index contributed by atoms with van der Waals surface area (Å²) in [6.45, 7) is 0. The van der Waals surface area contributed by atoms with E-state index in [9.17, 15) is 0 Å². The lowest BCUT2D eigenvalue weighted by atomic mass is 9.90. The quantitative estimate of drug-likeness (QED) is 0.554. The number of halogens is 1. The number of hydrogen-bond acceptors (Lipinski definition) is 3.